The number of halogens is 4. The van der Waals surface area contributed by atoms with Gasteiger partial charge in [-0.1, -0.05) is 35.5 Å². The molecule has 0 saturated heterocycles. The number of rotatable bonds is 0. The Hall–Kier alpha value is -1.66. The standard InChI is InChI=1S/C14H7ClF3NOS/c15-8-5-6-12-10(7-8)19(13(20)14(16,17)18)9-3-1-2-4-11(9)21-12/h1-7H. The van der Waals surface area contributed by atoms with Gasteiger partial charge in [0.05, 0.1) is 11.4 Å². The molecule has 0 unspecified atom stereocenters. The summed E-state index contributed by atoms with van der Waals surface area (Å²) >= 11 is 7.16. The van der Waals surface area contributed by atoms with Gasteiger partial charge in [0, 0.05) is 14.8 Å². The van der Waals surface area contributed by atoms with Crippen LogP contribution in [0, 0.1) is 0 Å². The number of hydrogen-bond donors (Lipinski definition) is 0. The van der Waals surface area contributed by atoms with Crippen LogP contribution in [0.1, 0.15) is 0 Å². The van der Waals surface area contributed by atoms with Crippen LogP contribution in [0.3, 0.4) is 0 Å². The smallest absolute Gasteiger partial charge is 0.271 e. The average Bonchev–Trinajstić information content (AvgIpc) is 2.43. The van der Waals surface area contributed by atoms with E-state index in [-0.39, 0.29) is 16.4 Å². The number of fused-ring (bicyclic) bond motifs is 2. The molecule has 0 fully saturated rings. The van der Waals surface area contributed by atoms with Crippen LogP contribution < -0.4 is 4.90 Å². The first-order valence-electron chi connectivity index (χ1n) is 5.85. The molecule has 0 aromatic heterocycles. The lowest BCUT2D eigenvalue weighted by Crippen LogP contribution is -2.39. The van der Waals surface area contributed by atoms with E-state index in [4.69, 9.17) is 11.6 Å². The van der Waals surface area contributed by atoms with Crippen LogP contribution in [0.5, 0.6) is 0 Å². The molecular formula is C14H7ClF3NOS. The number of amides is 1. The lowest BCUT2D eigenvalue weighted by atomic mass is 10.2. The highest BCUT2D eigenvalue weighted by Gasteiger charge is 2.45. The number of alkyl halides is 3. The fourth-order valence-corrected chi connectivity index (χ4v) is 3.28. The minimum absolute atomic E-state index is 0.147. The normalized spacial score (nSPS) is 13.6. The maximum atomic E-state index is 12.9. The van der Waals surface area contributed by atoms with Crippen LogP contribution in [0.25, 0.3) is 0 Å². The molecule has 0 aliphatic carbocycles. The molecule has 2 aromatic carbocycles. The van der Waals surface area contributed by atoms with E-state index in [1.807, 2.05) is 0 Å². The SMILES string of the molecule is O=C(N1c2ccccc2Sc2ccc(Cl)cc21)C(F)(F)F. The molecule has 0 saturated carbocycles. The van der Waals surface area contributed by atoms with Crippen LogP contribution in [0.15, 0.2) is 52.3 Å². The second-order valence-electron chi connectivity index (χ2n) is 4.32. The van der Waals surface area contributed by atoms with E-state index >= 15 is 0 Å². The van der Waals surface area contributed by atoms with Crippen molar-refractivity contribution in [2.24, 2.45) is 0 Å². The summed E-state index contributed by atoms with van der Waals surface area (Å²) < 4.78 is 38.7. The maximum Gasteiger partial charge on any atom is 0.472 e. The Bertz CT molecular complexity index is 732. The summed E-state index contributed by atoms with van der Waals surface area (Å²) in [5.74, 6) is -1.93. The molecular weight excluding hydrogens is 323 g/mol. The number of nitrogens with zero attached hydrogens (tertiary/aromatic N) is 1. The first-order valence-corrected chi connectivity index (χ1v) is 7.05. The third-order valence-corrected chi connectivity index (χ3v) is 4.30. The van der Waals surface area contributed by atoms with Crippen molar-refractivity contribution in [3.63, 3.8) is 0 Å². The first-order chi connectivity index (χ1) is 9.88. The Morgan fingerprint density at radius 2 is 1.71 bits per heavy atom. The highest BCUT2D eigenvalue weighted by Crippen LogP contribution is 2.49. The zero-order valence-electron chi connectivity index (χ0n) is 10.3. The number of carbonyl (C=O) groups excluding carboxylic acids is 1. The molecule has 0 N–H and O–H groups in total. The topological polar surface area (TPSA) is 20.3 Å². The molecule has 108 valence electrons. The summed E-state index contributed by atoms with van der Waals surface area (Å²) in [6, 6.07) is 11.0. The van der Waals surface area contributed by atoms with Gasteiger partial charge in [0.25, 0.3) is 0 Å². The summed E-state index contributed by atoms with van der Waals surface area (Å²) in [5, 5.41) is 0.272. The largest absolute Gasteiger partial charge is 0.472 e. The third-order valence-electron chi connectivity index (χ3n) is 2.93. The van der Waals surface area contributed by atoms with Crippen molar-refractivity contribution in [1.29, 1.82) is 0 Å². The molecule has 21 heavy (non-hydrogen) atoms. The fourth-order valence-electron chi connectivity index (χ4n) is 2.07. The minimum atomic E-state index is -4.96. The van der Waals surface area contributed by atoms with E-state index in [2.05, 4.69) is 0 Å². The number of para-hydroxylation sites is 1. The molecule has 1 heterocycles. The van der Waals surface area contributed by atoms with Gasteiger partial charge in [0.1, 0.15) is 0 Å². The summed E-state index contributed by atoms with van der Waals surface area (Å²) in [5.41, 5.74) is 0.355. The van der Waals surface area contributed by atoms with E-state index in [0.717, 1.165) is 0 Å². The van der Waals surface area contributed by atoms with Gasteiger partial charge in [-0.05, 0) is 30.3 Å². The predicted molar refractivity (Wildman–Crippen MR) is 75.2 cm³/mol. The zero-order chi connectivity index (χ0) is 15.2. The Morgan fingerprint density at radius 3 is 2.43 bits per heavy atom. The predicted octanol–water partition coefficient (Wildman–Crippen LogP) is 5.03. The van der Waals surface area contributed by atoms with Crippen LogP contribution >= 0.6 is 23.4 Å². The molecule has 1 aliphatic rings. The molecule has 0 radical (unpaired) electrons. The zero-order valence-corrected chi connectivity index (χ0v) is 11.9. The van der Waals surface area contributed by atoms with Crippen LogP contribution in [-0.2, 0) is 4.79 Å². The van der Waals surface area contributed by atoms with Crippen LogP contribution in [0.2, 0.25) is 5.02 Å². The van der Waals surface area contributed by atoms with Crippen molar-refractivity contribution in [1.82, 2.24) is 0 Å². The van der Waals surface area contributed by atoms with E-state index in [1.165, 1.54) is 23.9 Å². The Kier molecular flexibility index (Phi) is 3.37. The van der Waals surface area contributed by atoms with Crippen molar-refractivity contribution in [3.05, 3.63) is 47.5 Å². The van der Waals surface area contributed by atoms with Crippen LogP contribution in [0.4, 0.5) is 24.5 Å². The molecule has 1 amide bonds. The van der Waals surface area contributed by atoms with Gasteiger partial charge < -0.3 is 0 Å². The second kappa shape index (κ2) is 4.96. The van der Waals surface area contributed by atoms with Crippen molar-refractivity contribution >= 4 is 40.6 Å². The molecule has 7 heteroatoms. The first kappa shape index (κ1) is 14.3. The monoisotopic (exact) mass is 329 g/mol. The van der Waals surface area contributed by atoms with E-state index < -0.39 is 12.1 Å². The summed E-state index contributed by atoms with van der Waals surface area (Å²) in [6.07, 6.45) is -4.96. The lowest BCUT2D eigenvalue weighted by molar-refractivity contribution is -0.169. The Balaban J connectivity index is 2.22. The lowest BCUT2D eigenvalue weighted by Gasteiger charge is -2.31. The number of benzene rings is 2. The quantitative estimate of drug-likeness (QED) is 0.675. The summed E-state index contributed by atoms with van der Waals surface area (Å²) in [4.78, 5) is 13.6. The van der Waals surface area contributed by atoms with Gasteiger partial charge in [-0.25, -0.2) is 0 Å². The fraction of sp³-hybridized carbons (Fsp3) is 0.0714. The van der Waals surface area contributed by atoms with Gasteiger partial charge in [-0.15, -0.1) is 0 Å². The van der Waals surface area contributed by atoms with Gasteiger partial charge >= 0.3 is 12.1 Å². The highest BCUT2D eigenvalue weighted by atomic mass is 35.5. The van der Waals surface area contributed by atoms with Gasteiger partial charge in [0.2, 0.25) is 0 Å². The summed E-state index contributed by atoms with van der Waals surface area (Å²) in [6.45, 7) is 0. The van der Waals surface area contributed by atoms with E-state index in [1.54, 1.807) is 30.3 Å². The van der Waals surface area contributed by atoms with E-state index in [0.29, 0.717) is 14.7 Å². The van der Waals surface area contributed by atoms with Gasteiger partial charge in [-0.3, -0.25) is 9.69 Å². The van der Waals surface area contributed by atoms with Crippen LogP contribution in [-0.4, -0.2) is 12.1 Å². The average molecular weight is 330 g/mol. The van der Waals surface area contributed by atoms with Crippen molar-refractivity contribution < 1.29 is 18.0 Å². The van der Waals surface area contributed by atoms with E-state index in [9.17, 15) is 18.0 Å². The molecule has 2 nitrogen and oxygen atoms in total. The minimum Gasteiger partial charge on any atom is -0.271 e. The summed E-state index contributed by atoms with van der Waals surface area (Å²) in [7, 11) is 0. The molecule has 0 bridgehead atoms. The van der Waals surface area contributed by atoms with Crippen molar-refractivity contribution in [2.75, 3.05) is 4.90 Å². The molecule has 0 atom stereocenters. The third kappa shape index (κ3) is 2.49. The number of carbonyl (C=O) groups is 1. The highest BCUT2D eigenvalue weighted by molar-refractivity contribution is 7.99. The van der Waals surface area contributed by atoms with Gasteiger partial charge in [0.15, 0.2) is 0 Å². The Labute approximate surface area is 127 Å². The number of anilines is 2. The Morgan fingerprint density at radius 1 is 1.05 bits per heavy atom. The molecule has 3 rings (SSSR count). The van der Waals surface area contributed by atoms with Crippen molar-refractivity contribution in [2.45, 2.75) is 16.0 Å². The number of hydrogen-bond acceptors (Lipinski definition) is 2. The maximum absolute atomic E-state index is 12.9. The molecule has 1 aliphatic heterocycles. The van der Waals surface area contributed by atoms with Crippen molar-refractivity contribution in [3.8, 4) is 0 Å². The van der Waals surface area contributed by atoms with Gasteiger partial charge in [-0.2, -0.15) is 13.2 Å². The molecule has 2 aromatic rings. The molecule has 0 spiro atoms. The second-order valence-corrected chi connectivity index (χ2v) is 5.84.